The molecule has 0 aromatic rings. The summed E-state index contributed by atoms with van der Waals surface area (Å²) in [6.45, 7) is 12.4. The second-order valence-electron chi connectivity index (χ2n) is 5.01. The lowest BCUT2D eigenvalue weighted by atomic mass is 10.2. The van der Waals surface area contributed by atoms with Gasteiger partial charge in [0.2, 0.25) is 5.91 Å². The highest BCUT2D eigenvalue weighted by atomic mass is 127. The van der Waals surface area contributed by atoms with Gasteiger partial charge in [-0.2, -0.15) is 0 Å². The minimum absolute atomic E-state index is 0. The molecule has 0 heterocycles. The highest BCUT2D eigenvalue weighted by Crippen LogP contribution is 1.91. The van der Waals surface area contributed by atoms with E-state index < -0.39 is 0 Å². The number of guanidine groups is 1. The summed E-state index contributed by atoms with van der Waals surface area (Å²) >= 11 is 0. The predicted octanol–water partition coefficient (Wildman–Crippen LogP) is 1.73. The minimum atomic E-state index is 0. The van der Waals surface area contributed by atoms with E-state index in [0.29, 0.717) is 18.9 Å². The molecule has 0 spiro atoms. The number of hydrogen-bond donors (Lipinski definition) is 3. The van der Waals surface area contributed by atoms with Gasteiger partial charge in [0.05, 0.1) is 0 Å². The first-order valence-electron chi connectivity index (χ1n) is 6.77. The van der Waals surface area contributed by atoms with Crippen LogP contribution in [0, 0.1) is 5.92 Å². The van der Waals surface area contributed by atoms with Crippen LogP contribution in [0.5, 0.6) is 0 Å². The molecule has 0 rings (SSSR count). The number of rotatable bonds is 7. The third kappa shape index (κ3) is 13.7. The zero-order chi connectivity index (χ0) is 14.0. The monoisotopic (exact) mass is 384 g/mol. The van der Waals surface area contributed by atoms with Crippen LogP contribution in [0.3, 0.4) is 0 Å². The summed E-state index contributed by atoms with van der Waals surface area (Å²) < 4.78 is 0. The first kappa shape index (κ1) is 20.8. The van der Waals surface area contributed by atoms with Gasteiger partial charge in [-0.05, 0) is 26.7 Å². The number of nitrogens with one attached hydrogen (secondary N) is 3. The highest BCUT2D eigenvalue weighted by molar-refractivity contribution is 14.0. The molecule has 0 aromatic carbocycles. The van der Waals surface area contributed by atoms with Crippen LogP contribution >= 0.6 is 24.0 Å². The van der Waals surface area contributed by atoms with Crippen LogP contribution in [-0.4, -0.2) is 37.5 Å². The summed E-state index contributed by atoms with van der Waals surface area (Å²) in [5.74, 6) is 1.38. The SMILES string of the molecule is CCNC(=NCC(C)C)NCCC(=O)NC(C)C.I. The third-order valence-electron chi connectivity index (χ3n) is 2.05. The Kier molecular flexibility index (Phi) is 13.7. The number of hydrogen-bond acceptors (Lipinski definition) is 2. The van der Waals surface area contributed by atoms with Gasteiger partial charge < -0.3 is 16.0 Å². The topological polar surface area (TPSA) is 65.5 Å². The van der Waals surface area contributed by atoms with Crippen LogP contribution in [0.1, 0.15) is 41.0 Å². The van der Waals surface area contributed by atoms with Crippen LogP contribution in [0.15, 0.2) is 4.99 Å². The van der Waals surface area contributed by atoms with Gasteiger partial charge in [0.1, 0.15) is 0 Å². The largest absolute Gasteiger partial charge is 0.357 e. The molecule has 0 unspecified atom stereocenters. The molecule has 0 fully saturated rings. The Labute approximate surface area is 134 Å². The Balaban J connectivity index is 0. The molecule has 0 saturated carbocycles. The second-order valence-corrected chi connectivity index (χ2v) is 5.01. The van der Waals surface area contributed by atoms with E-state index in [-0.39, 0.29) is 35.9 Å². The fraction of sp³-hybridized carbons (Fsp3) is 0.846. The van der Waals surface area contributed by atoms with Gasteiger partial charge in [0, 0.05) is 32.1 Å². The average Bonchev–Trinajstić information content (AvgIpc) is 2.24. The smallest absolute Gasteiger partial charge is 0.221 e. The lowest BCUT2D eigenvalue weighted by Gasteiger charge is -2.12. The van der Waals surface area contributed by atoms with Crippen LogP contribution in [0.4, 0.5) is 0 Å². The molecular formula is C13H29IN4O. The number of carbonyl (C=O) groups is 1. The van der Waals surface area contributed by atoms with Crippen molar-refractivity contribution in [3.63, 3.8) is 0 Å². The lowest BCUT2D eigenvalue weighted by molar-refractivity contribution is -0.121. The molecule has 0 radical (unpaired) electrons. The van der Waals surface area contributed by atoms with Crippen molar-refractivity contribution in [2.75, 3.05) is 19.6 Å². The van der Waals surface area contributed by atoms with E-state index in [4.69, 9.17) is 0 Å². The van der Waals surface area contributed by atoms with Crippen molar-refractivity contribution in [1.82, 2.24) is 16.0 Å². The molecule has 0 aliphatic carbocycles. The maximum atomic E-state index is 11.4. The van der Waals surface area contributed by atoms with Crippen molar-refractivity contribution in [1.29, 1.82) is 0 Å². The molecule has 114 valence electrons. The van der Waals surface area contributed by atoms with E-state index in [0.717, 1.165) is 19.0 Å². The number of nitrogens with zero attached hydrogens (tertiary/aromatic N) is 1. The highest BCUT2D eigenvalue weighted by Gasteiger charge is 2.03. The number of amides is 1. The molecule has 0 bridgehead atoms. The van der Waals surface area contributed by atoms with Gasteiger partial charge in [0.25, 0.3) is 0 Å². The fourth-order valence-electron chi connectivity index (χ4n) is 1.30. The molecule has 6 heteroatoms. The molecule has 0 atom stereocenters. The molecule has 0 saturated heterocycles. The van der Waals surface area contributed by atoms with Gasteiger partial charge >= 0.3 is 0 Å². The van der Waals surface area contributed by atoms with Gasteiger partial charge in [-0.3, -0.25) is 9.79 Å². The number of carbonyl (C=O) groups excluding carboxylic acids is 1. The molecule has 0 aliphatic heterocycles. The van der Waals surface area contributed by atoms with Crippen LogP contribution in [-0.2, 0) is 4.79 Å². The molecular weight excluding hydrogens is 355 g/mol. The third-order valence-corrected chi connectivity index (χ3v) is 2.05. The number of aliphatic imine (C=N–C) groups is 1. The van der Waals surface area contributed by atoms with Crippen molar-refractivity contribution >= 4 is 35.8 Å². The van der Waals surface area contributed by atoms with E-state index >= 15 is 0 Å². The first-order valence-corrected chi connectivity index (χ1v) is 6.77. The maximum absolute atomic E-state index is 11.4. The summed E-state index contributed by atoms with van der Waals surface area (Å²) in [7, 11) is 0. The van der Waals surface area contributed by atoms with Crippen LogP contribution in [0.25, 0.3) is 0 Å². The maximum Gasteiger partial charge on any atom is 0.221 e. The normalized spacial score (nSPS) is 11.2. The summed E-state index contributed by atoms with van der Waals surface area (Å²) in [6.07, 6.45) is 0.463. The van der Waals surface area contributed by atoms with Gasteiger partial charge in [0.15, 0.2) is 5.96 Å². The first-order chi connectivity index (χ1) is 8.45. The Bertz CT molecular complexity index is 267. The molecule has 0 aliphatic rings. The zero-order valence-corrected chi connectivity index (χ0v) is 15.1. The quantitative estimate of drug-likeness (QED) is 0.356. The molecule has 5 nitrogen and oxygen atoms in total. The standard InChI is InChI=1S/C13H28N4O.HI/c1-6-14-13(16-9-10(2)3)15-8-7-12(18)17-11(4)5;/h10-11H,6-9H2,1-5H3,(H,17,18)(H2,14,15,16);1H. The molecule has 3 N–H and O–H groups in total. The summed E-state index contributed by atoms with van der Waals surface area (Å²) in [5.41, 5.74) is 0. The van der Waals surface area contributed by atoms with Crippen molar-refractivity contribution in [3.8, 4) is 0 Å². The number of halogens is 1. The van der Waals surface area contributed by atoms with E-state index in [1.807, 2.05) is 20.8 Å². The van der Waals surface area contributed by atoms with Gasteiger partial charge in [-0.1, -0.05) is 13.8 Å². The summed E-state index contributed by atoms with van der Waals surface area (Å²) in [6, 6.07) is 0.195. The van der Waals surface area contributed by atoms with Crippen molar-refractivity contribution in [2.45, 2.75) is 47.1 Å². The van der Waals surface area contributed by atoms with E-state index in [9.17, 15) is 4.79 Å². The Morgan fingerprint density at radius 1 is 1.16 bits per heavy atom. The van der Waals surface area contributed by atoms with Gasteiger partial charge in [-0.25, -0.2) is 0 Å². The van der Waals surface area contributed by atoms with E-state index in [1.165, 1.54) is 0 Å². The minimum Gasteiger partial charge on any atom is -0.357 e. The van der Waals surface area contributed by atoms with E-state index in [2.05, 4.69) is 34.8 Å². The molecule has 19 heavy (non-hydrogen) atoms. The van der Waals surface area contributed by atoms with Gasteiger partial charge in [-0.15, -0.1) is 24.0 Å². The zero-order valence-electron chi connectivity index (χ0n) is 12.7. The van der Waals surface area contributed by atoms with Crippen molar-refractivity contribution in [2.24, 2.45) is 10.9 Å². The van der Waals surface area contributed by atoms with Crippen molar-refractivity contribution in [3.05, 3.63) is 0 Å². The summed E-state index contributed by atoms with van der Waals surface area (Å²) in [5, 5.41) is 9.18. The Morgan fingerprint density at radius 2 is 1.79 bits per heavy atom. The lowest BCUT2D eigenvalue weighted by Crippen LogP contribution is -2.40. The van der Waals surface area contributed by atoms with Crippen LogP contribution in [0.2, 0.25) is 0 Å². The van der Waals surface area contributed by atoms with E-state index in [1.54, 1.807) is 0 Å². The summed E-state index contributed by atoms with van der Waals surface area (Å²) in [4.78, 5) is 15.9. The molecule has 1 amide bonds. The average molecular weight is 384 g/mol. The fourth-order valence-corrected chi connectivity index (χ4v) is 1.30. The second kappa shape index (κ2) is 12.5. The van der Waals surface area contributed by atoms with Crippen LogP contribution < -0.4 is 16.0 Å². The van der Waals surface area contributed by atoms with Crippen molar-refractivity contribution < 1.29 is 4.79 Å². The molecule has 0 aromatic heterocycles. The predicted molar refractivity (Wildman–Crippen MR) is 92.1 cm³/mol. The Morgan fingerprint density at radius 3 is 2.26 bits per heavy atom. The Hall–Kier alpha value is -0.530.